The minimum atomic E-state index is -3.54. The molecule has 0 saturated carbocycles. The summed E-state index contributed by atoms with van der Waals surface area (Å²) in [7, 11) is -3.54. The van der Waals surface area contributed by atoms with Crippen LogP contribution in [0.1, 0.15) is 11.1 Å². The maximum absolute atomic E-state index is 12.5. The van der Waals surface area contributed by atoms with Gasteiger partial charge in [0.2, 0.25) is 5.09 Å². The van der Waals surface area contributed by atoms with Gasteiger partial charge in [-0.15, -0.1) is 0 Å². The Bertz CT molecular complexity index is 780. The van der Waals surface area contributed by atoms with Crippen molar-refractivity contribution in [2.75, 3.05) is 26.2 Å². The number of sulfonamides is 1. The molecule has 1 aliphatic rings. The van der Waals surface area contributed by atoms with Gasteiger partial charge >= 0.3 is 0 Å². The normalized spacial score (nSPS) is 17.5. The van der Waals surface area contributed by atoms with E-state index in [1.54, 1.807) is 6.07 Å². The van der Waals surface area contributed by atoms with Crippen molar-refractivity contribution in [2.24, 2.45) is 0 Å². The second kappa shape index (κ2) is 6.76. The molecule has 1 aromatic carbocycles. The smallest absolute Gasteiger partial charge is 0.276 e. The summed E-state index contributed by atoms with van der Waals surface area (Å²) in [6, 6.07) is 11.4. The van der Waals surface area contributed by atoms with Crippen LogP contribution in [-0.4, -0.2) is 43.8 Å². The van der Waals surface area contributed by atoms with Gasteiger partial charge in [-0.1, -0.05) is 24.3 Å². The third kappa shape index (κ3) is 3.68. The van der Waals surface area contributed by atoms with E-state index < -0.39 is 10.0 Å². The van der Waals surface area contributed by atoms with Crippen molar-refractivity contribution >= 4 is 26.0 Å². The molecule has 124 valence electrons. The largest absolute Gasteiger partial charge is 0.437 e. The van der Waals surface area contributed by atoms with Crippen LogP contribution in [0, 0.1) is 6.92 Å². The lowest BCUT2D eigenvalue weighted by atomic mass is 10.1. The van der Waals surface area contributed by atoms with E-state index in [-0.39, 0.29) is 5.09 Å². The van der Waals surface area contributed by atoms with Crippen LogP contribution >= 0.6 is 15.9 Å². The van der Waals surface area contributed by atoms with Crippen LogP contribution in [0.15, 0.2) is 50.6 Å². The number of nitrogens with zero attached hydrogens (tertiary/aromatic N) is 2. The summed E-state index contributed by atoms with van der Waals surface area (Å²) in [4.78, 5) is 2.28. The van der Waals surface area contributed by atoms with Crippen molar-refractivity contribution in [3.8, 4) is 0 Å². The van der Waals surface area contributed by atoms with Gasteiger partial charge < -0.3 is 4.42 Å². The van der Waals surface area contributed by atoms with E-state index in [4.69, 9.17) is 4.42 Å². The first-order valence-corrected chi connectivity index (χ1v) is 9.72. The molecule has 0 N–H and O–H groups in total. The van der Waals surface area contributed by atoms with Crippen molar-refractivity contribution in [3.63, 3.8) is 0 Å². The van der Waals surface area contributed by atoms with Crippen LogP contribution < -0.4 is 0 Å². The Morgan fingerprint density at radius 2 is 1.78 bits per heavy atom. The van der Waals surface area contributed by atoms with E-state index in [1.807, 2.05) is 12.1 Å². The molecule has 0 atom stereocenters. The highest BCUT2D eigenvalue weighted by Gasteiger charge is 2.30. The van der Waals surface area contributed by atoms with Gasteiger partial charge in [0, 0.05) is 32.7 Å². The topological polar surface area (TPSA) is 53.8 Å². The Morgan fingerprint density at radius 3 is 2.39 bits per heavy atom. The molecule has 7 heteroatoms. The Hall–Kier alpha value is -1.15. The average molecular weight is 399 g/mol. The Balaban J connectivity index is 1.63. The third-order valence-corrected chi connectivity index (χ3v) is 6.33. The van der Waals surface area contributed by atoms with Crippen LogP contribution in [0.5, 0.6) is 0 Å². The molecule has 1 saturated heterocycles. The van der Waals surface area contributed by atoms with Gasteiger partial charge in [-0.3, -0.25) is 4.90 Å². The van der Waals surface area contributed by atoms with Crippen molar-refractivity contribution in [1.82, 2.24) is 9.21 Å². The number of furan rings is 1. The number of aryl methyl sites for hydroxylation is 1. The lowest BCUT2D eigenvalue weighted by Crippen LogP contribution is -2.48. The number of rotatable bonds is 4. The third-order valence-electron chi connectivity index (χ3n) is 4.13. The minimum Gasteiger partial charge on any atom is -0.437 e. The van der Waals surface area contributed by atoms with E-state index in [1.165, 1.54) is 21.5 Å². The molecule has 2 heterocycles. The zero-order chi connectivity index (χ0) is 16.4. The highest BCUT2D eigenvalue weighted by atomic mass is 79.9. The molecule has 0 unspecified atom stereocenters. The van der Waals surface area contributed by atoms with Crippen LogP contribution in [-0.2, 0) is 16.6 Å². The van der Waals surface area contributed by atoms with Crippen molar-refractivity contribution < 1.29 is 12.8 Å². The molecule has 0 aliphatic carbocycles. The molecule has 5 nitrogen and oxygen atoms in total. The minimum absolute atomic E-state index is 0.00303. The summed E-state index contributed by atoms with van der Waals surface area (Å²) in [6.45, 7) is 5.35. The molecule has 0 amide bonds. The zero-order valence-corrected chi connectivity index (χ0v) is 15.3. The number of piperazine rings is 1. The standard InChI is InChI=1S/C16H19BrN2O3S/c1-13-4-2-3-5-14(13)12-18-8-10-19(11-9-18)23(20,21)16-7-6-15(17)22-16/h2-7H,8-12H2,1H3. The van der Waals surface area contributed by atoms with Gasteiger partial charge in [0.05, 0.1) is 0 Å². The Morgan fingerprint density at radius 1 is 1.09 bits per heavy atom. The molecule has 0 radical (unpaired) electrons. The first kappa shape index (κ1) is 16.7. The predicted molar refractivity (Wildman–Crippen MR) is 91.6 cm³/mol. The molecule has 2 aromatic rings. The fraction of sp³-hybridized carbons (Fsp3) is 0.375. The summed E-state index contributed by atoms with van der Waals surface area (Å²) in [5, 5.41) is -0.00303. The lowest BCUT2D eigenvalue weighted by molar-refractivity contribution is 0.179. The van der Waals surface area contributed by atoms with Crippen LogP contribution in [0.2, 0.25) is 0 Å². The van der Waals surface area contributed by atoms with E-state index in [2.05, 4.69) is 39.9 Å². The predicted octanol–water partition coefficient (Wildman–Crippen LogP) is 2.86. The van der Waals surface area contributed by atoms with Gasteiger partial charge in [0.15, 0.2) is 4.67 Å². The summed E-state index contributed by atoms with van der Waals surface area (Å²) in [5.41, 5.74) is 2.56. The molecule has 23 heavy (non-hydrogen) atoms. The molecular weight excluding hydrogens is 380 g/mol. The van der Waals surface area contributed by atoms with Crippen molar-refractivity contribution in [3.05, 3.63) is 52.2 Å². The van der Waals surface area contributed by atoms with E-state index in [0.29, 0.717) is 17.8 Å². The monoisotopic (exact) mass is 398 g/mol. The maximum atomic E-state index is 12.5. The quantitative estimate of drug-likeness (QED) is 0.794. The summed E-state index contributed by atoms with van der Waals surface area (Å²) < 4.78 is 32.2. The van der Waals surface area contributed by atoms with Gasteiger partial charge in [0.25, 0.3) is 10.0 Å². The second-order valence-corrected chi connectivity index (χ2v) is 8.32. The average Bonchev–Trinajstić information content (AvgIpc) is 2.98. The Labute approximate surface area is 145 Å². The highest BCUT2D eigenvalue weighted by Crippen LogP contribution is 2.23. The van der Waals surface area contributed by atoms with Crippen LogP contribution in [0.4, 0.5) is 0 Å². The first-order valence-electron chi connectivity index (χ1n) is 7.49. The number of benzene rings is 1. The molecule has 3 rings (SSSR count). The maximum Gasteiger partial charge on any atom is 0.276 e. The molecule has 0 bridgehead atoms. The summed E-state index contributed by atoms with van der Waals surface area (Å²) in [6.07, 6.45) is 0. The van der Waals surface area contributed by atoms with Gasteiger partial charge in [0.1, 0.15) is 0 Å². The fourth-order valence-corrected chi connectivity index (χ4v) is 4.47. The molecular formula is C16H19BrN2O3S. The molecule has 1 aromatic heterocycles. The first-order chi connectivity index (χ1) is 11.0. The Kier molecular flexibility index (Phi) is 4.91. The zero-order valence-electron chi connectivity index (χ0n) is 12.9. The van der Waals surface area contributed by atoms with Crippen LogP contribution in [0.25, 0.3) is 0 Å². The number of hydrogen-bond acceptors (Lipinski definition) is 4. The van der Waals surface area contributed by atoms with Crippen molar-refractivity contribution in [1.29, 1.82) is 0 Å². The van der Waals surface area contributed by atoms with Gasteiger partial charge in [-0.05, 0) is 46.1 Å². The van der Waals surface area contributed by atoms with E-state index in [9.17, 15) is 8.42 Å². The lowest BCUT2D eigenvalue weighted by Gasteiger charge is -2.33. The molecule has 0 spiro atoms. The highest BCUT2D eigenvalue weighted by molar-refractivity contribution is 9.10. The van der Waals surface area contributed by atoms with Crippen molar-refractivity contribution in [2.45, 2.75) is 18.6 Å². The summed E-state index contributed by atoms with van der Waals surface area (Å²) >= 11 is 3.14. The van der Waals surface area contributed by atoms with E-state index >= 15 is 0 Å². The fourth-order valence-electron chi connectivity index (χ4n) is 2.72. The summed E-state index contributed by atoms with van der Waals surface area (Å²) in [5.74, 6) is 0. The SMILES string of the molecule is Cc1ccccc1CN1CCN(S(=O)(=O)c2ccc(Br)o2)CC1. The number of halogens is 1. The molecule has 1 aliphatic heterocycles. The van der Waals surface area contributed by atoms with Gasteiger partial charge in [-0.2, -0.15) is 4.31 Å². The number of hydrogen-bond donors (Lipinski definition) is 0. The second-order valence-electron chi connectivity index (χ2n) is 5.67. The molecule has 1 fully saturated rings. The van der Waals surface area contributed by atoms with Crippen LogP contribution in [0.3, 0.4) is 0 Å². The van der Waals surface area contributed by atoms with E-state index in [0.717, 1.165) is 19.6 Å². The van der Waals surface area contributed by atoms with Gasteiger partial charge in [-0.25, -0.2) is 8.42 Å².